The summed E-state index contributed by atoms with van der Waals surface area (Å²) < 4.78 is 5.13. The molecule has 0 aliphatic rings. The summed E-state index contributed by atoms with van der Waals surface area (Å²) in [6.07, 6.45) is 3.12. The van der Waals surface area contributed by atoms with Crippen LogP contribution in [-0.2, 0) is 16.7 Å². The number of hydrogen-bond acceptors (Lipinski definition) is 4. The van der Waals surface area contributed by atoms with Gasteiger partial charge in [-0.3, -0.25) is 0 Å². The molecule has 0 saturated heterocycles. The number of amides is 1. The zero-order chi connectivity index (χ0) is 14.7. The number of hydrogen-bond donors (Lipinski definition) is 1. The molecule has 0 unspecified atom stereocenters. The fraction of sp³-hybridized carbons (Fsp3) is 0.643. The van der Waals surface area contributed by atoms with Crippen molar-refractivity contribution in [3.8, 4) is 0 Å². The summed E-state index contributed by atoms with van der Waals surface area (Å²) in [5.74, 6) is 0.568. The molecule has 0 aromatic carbocycles. The molecule has 5 heteroatoms. The van der Waals surface area contributed by atoms with Crippen molar-refractivity contribution in [3.63, 3.8) is 0 Å². The fourth-order valence-corrected chi connectivity index (χ4v) is 1.30. The second-order valence-corrected chi connectivity index (χ2v) is 6.49. The molecule has 0 radical (unpaired) electrons. The van der Waals surface area contributed by atoms with Crippen LogP contribution in [-0.4, -0.2) is 21.7 Å². The van der Waals surface area contributed by atoms with E-state index in [-0.39, 0.29) is 12.0 Å². The van der Waals surface area contributed by atoms with Crippen LogP contribution < -0.4 is 5.32 Å². The molecule has 1 heterocycles. The van der Waals surface area contributed by atoms with E-state index in [1.54, 1.807) is 12.4 Å². The van der Waals surface area contributed by atoms with E-state index in [1.165, 1.54) is 0 Å². The van der Waals surface area contributed by atoms with E-state index in [2.05, 4.69) is 36.1 Å². The molecule has 0 fully saturated rings. The Kier molecular flexibility index (Phi) is 4.50. The lowest BCUT2D eigenvalue weighted by molar-refractivity contribution is 0.0522. The number of ether oxygens (including phenoxy) is 1. The molecule has 0 aliphatic heterocycles. The molecule has 1 N–H and O–H groups in total. The lowest BCUT2D eigenvalue weighted by Gasteiger charge is -2.20. The lowest BCUT2D eigenvalue weighted by atomic mass is 9.89. The Morgan fingerprint density at radius 3 is 2.11 bits per heavy atom. The average Bonchev–Trinajstić information content (AvgIpc) is 2.23. The second kappa shape index (κ2) is 5.55. The Hall–Kier alpha value is -1.65. The van der Waals surface area contributed by atoms with E-state index in [4.69, 9.17) is 4.74 Å². The molecule has 0 bridgehead atoms. The lowest BCUT2D eigenvalue weighted by Crippen LogP contribution is -2.32. The van der Waals surface area contributed by atoms with Gasteiger partial charge in [-0.2, -0.15) is 0 Å². The number of carbonyl (C=O) groups is 1. The van der Waals surface area contributed by atoms with Gasteiger partial charge in [0.15, 0.2) is 0 Å². The predicted molar refractivity (Wildman–Crippen MR) is 73.8 cm³/mol. The first kappa shape index (κ1) is 15.4. The van der Waals surface area contributed by atoms with Gasteiger partial charge in [-0.25, -0.2) is 14.8 Å². The molecule has 1 aromatic rings. The van der Waals surface area contributed by atoms with E-state index in [1.807, 2.05) is 20.8 Å². The average molecular weight is 265 g/mol. The van der Waals surface area contributed by atoms with E-state index in [0.717, 1.165) is 5.56 Å². The third-order valence-electron chi connectivity index (χ3n) is 2.36. The number of aromatic nitrogens is 2. The minimum absolute atomic E-state index is 0.0249. The third kappa shape index (κ3) is 5.68. The zero-order valence-electron chi connectivity index (χ0n) is 12.6. The molecule has 19 heavy (non-hydrogen) atoms. The van der Waals surface area contributed by atoms with Gasteiger partial charge in [0.05, 0.1) is 6.54 Å². The number of nitrogens with zero attached hydrogens (tertiary/aromatic N) is 2. The minimum atomic E-state index is -0.499. The van der Waals surface area contributed by atoms with Crippen LogP contribution in [0, 0.1) is 0 Å². The van der Waals surface area contributed by atoms with Crippen molar-refractivity contribution in [2.45, 2.75) is 59.1 Å². The van der Waals surface area contributed by atoms with Crippen LogP contribution in [0.25, 0.3) is 0 Å². The van der Waals surface area contributed by atoms with Crippen LogP contribution in [0.2, 0.25) is 0 Å². The Bertz CT molecular complexity index is 427. The highest BCUT2D eigenvalue weighted by atomic mass is 16.6. The summed E-state index contributed by atoms with van der Waals surface area (Å²) in [6, 6.07) is 0. The molecule has 106 valence electrons. The standard InChI is InChI=1S/C14H23N3O2/c1-13(2,3)10-7-15-11(16-8-10)9-17-12(18)19-14(4,5)6/h7-8H,9H2,1-6H3,(H,17,18). The summed E-state index contributed by atoms with van der Waals surface area (Å²) in [7, 11) is 0. The molecular weight excluding hydrogens is 242 g/mol. The van der Waals surface area contributed by atoms with Crippen molar-refractivity contribution < 1.29 is 9.53 Å². The van der Waals surface area contributed by atoms with E-state index in [0.29, 0.717) is 5.82 Å². The second-order valence-electron chi connectivity index (χ2n) is 6.49. The number of nitrogens with one attached hydrogen (secondary N) is 1. The van der Waals surface area contributed by atoms with Crippen molar-refractivity contribution in [2.24, 2.45) is 0 Å². The van der Waals surface area contributed by atoms with Gasteiger partial charge >= 0.3 is 6.09 Å². The predicted octanol–water partition coefficient (Wildman–Crippen LogP) is 2.80. The molecule has 0 atom stereocenters. The molecule has 1 aromatic heterocycles. The van der Waals surface area contributed by atoms with Crippen molar-refractivity contribution in [2.75, 3.05) is 0 Å². The maximum Gasteiger partial charge on any atom is 0.408 e. The van der Waals surface area contributed by atoms with Crippen LogP contribution >= 0.6 is 0 Å². The van der Waals surface area contributed by atoms with Gasteiger partial charge in [0.25, 0.3) is 0 Å². The van der Waals surface area contributed by atoms with E-state index in [9.17, 15) is 4.79 Å². The fourth-order valence-electron chi connectivity index (χ4n) is 1.30. The Morgan fingerprint density at radius 1 is 1.16 bits per heavy atom. The first-order valence-electron chi connectivity index (χ1n) is 6.36. The highest BCUT2D eigenvalue weighted by molar-refractivity contribution is 5.67. The smallest absolute Gasteiger partial charge is 0.408 e. The normalized spacial score (nSPS) is 12.1. The highest BCUT2D eigenvalue weighted by Gasteiger charge is 2.17. The molecule has 1 rings (SSSR count). The number of alkyl carbamates (subject to hydrolysis) is 1. The first-order valence-corrected chi connectivity index (χ1v) is 6.36. The first-order chi connectivity index (χ1) is 8.58. The van der Waals surface area contributed by atoms with E-state index < -0.39 is 11.7 Å². The Morgan fingerprint density at radius 2 is 1.68 bits per heavy atom. The quantitative estimate of drug-likeness (QED) is 0.893. The largest absolute Gasteiger partial charge is 0.444 e. The van der Waals surface area contributed by atoms with Crippen LogP contribution in [0.15, 0.2) is 12.4 Å². The monoisotopic (exact) mass is 265 g/mol. The van der Waals surface area contributed by atoms with Gasteiger partial charge < -0.3 is 10.1 Å². The van der Waals surface area contributed by atoms with Gasteiger partial charge in [0.2, 0.25) is 0 Å². The van der Waals surface area contributed by atoms with Gasteiger partial charge in [0.1, 0.15) is 11.4 Å². The summed E-state index contributed by atoms with van der Waals surface area (Å²) in [4.78, 5) is 19.9. The van der Waals surface area contributed by atoms with Crippen molar-refractivity contribution in [3.05, 3.63) is 23.8 Å². The summed E-state index contributed by atoms with van der Waals surface area (Å²) in [5, 5.41) is 2.63. The van der Waals surface area contributed by atoms with Gasteiger partial charge in [-0.05, 0) is 31.7 Å². The van der Waals surface area contributed by atoms with Gasteiger partial charge in [-0.1, -0.05) is 20.8 Å². The SMILES string of the molecule is CC(C)(C)OC(=O)NCc1ncc(C(C)(C)C)cn1. The number of rotatable bonds is 2. The van der Waals surface area contributed by atoms with Gasteiger partial charge in [-0.15, -0.1) is 0 Å². The zero-order valence-corrected chi connectivity index (χ0v) is 12.6. The molecule has 0 saturated carbocycles. The van der Waals surface area contributed by atoms with Crippen LogP contribution in [0.1, 0.15) is 52.9 Å². The van der Waals surface area contributed by atoms with Crippen LogP contribution in [0.3, 0.4) is 0 Å². The van der Waals surface area contributed by atoms with Crippen LogP contribution in [0.5, 0.6) is 0 Å². The maximum atomic E-state index is 11.5. The number of carbonyl (C=O) groups excluding carboxylic acids is 1. The highest BCUT2D eigenvalue weighted by Crippen LogP contribution is 2.19. The van der Waals surface area contributed by atoms with Crippen molar-refractivity contribution in [1.82, 2.24) is 15.3 Å². The molecule has 0 spiro atoms. The topological polar surface area (TPSA) is 64.1 Å². The minimum Gasteiger partial charge on any atom is -0.444 e. The third-order valence-corrected chi connectivity index (χ3v) is 2.36. The Labute approximate surface area is 114 Å². The van der Waals surface area contributed by atoms with Gasteiger partial charge in [0, 0.05) is 12.4 Å². The molecule has 1 amide bonds. The molecule has 5 nitrogen and oxygen atoms in total. The molecule has 0 aliphatic carbocycles. The summed E-state index contributed by atoms with van der Waals surface area (Å²) >= 11 is 0. The van der Waals surface area contributed by atoms with Crippen molar-refractivity contribution in [1.29, 1.82) is 0 Å². The molecular formula is C14H23N3O2. The maximum absolute atomic E-state index is 11.5. The Balaban J connectivity index is 2.53. The summed E-state index contributed by atoms with van der Waals surface area (Å²) in [5.41, 5.74) is 0.589. The summed E-state index contributed by atoms with van der Waals surface area (Å²) in [6.45, 7) is 12.0. The van der Waals surface area contributed by atoms with Crippen molar-refractivity contribution >= 4 is 6.09 Å². The van der Waals surface area contributed by atoms with Crippen LogP contribution in [0.4, 0.5) is 4.79 Å². The van der Waals surface area contributed by atoms with E-state index >= 15 is 0 Å².